The Labute approximate surface area is 160 Å². The van der Waals surface area contributed by atoms with Crippen LogP contribution >= 0.6 is 0 Å². The number of fused-ring (bicyclic) bond motifs is 2. The highest BCUT2D eigenvalue weighted by Gasteiger charge is 2.40. The summed E-state index contributed by atoms with van der Waals surface area (Å²) in [5, 5.41) is 2.99. The van der Waals surface area contributed by atoms with Crippen LogP contribution in [0.15, 0.2) is 24.3 Å². The Balaban J connectivity index is 1.21. The van der Waals surface area contributed by atoms with Crippen LogP contribution in [0.1, 0.15) is 32.1 Å². The van der Waals surface area contributed by atoms with Gasteiger partial charge in [-0.2, -0.15) is 0 Å². The molecule has 1 aliphatic heterocycles. The number of hydrogen-bond acceptors (Lipinski definition) is 4. The average molecular weight is 372 g/mol. The van der Waals surface area contributed by atoms with Crippen molar-refractivity contribution in [2.24, 2.45) is 17.8 Å². The van der Waals surface area contributed by atoms with Crippen LogP contribution in [0.3, 0.4) is 0 Å². The minimum atomic E-state index is -0.0264. The zero-order chi connectivity index (χ0) is 18.6. The molecule has 2 aliphatic carbocycles. The number of ether oxygens (including phenoxy) is 2. The lowest BCUT2D eigenvalue weighted by atomic mass is 9.86. The topological polar surface area (TPSA) is 67.9 Å². The van der Waals surface area contributed by atoms with Crippen molar-refractivity contribution >= 4 is 17.5 Å². The van der Waals surface area contributed by atoms with Crippen LogP contribution in [-0.2, 0) is 14.3 Å². The van der Waals surface area contributed by atoms with E-state index in [1.807, 2.05) is 12.1 Å². The molecular formula is C21H28N2O4. The first-order valence-corrected chi connectivity index (χ1v) is 10.1. The molecular weight excluding hydrogens is 344 g/mol. The van der Waals surface area contributed by atoms with Crippen LogP contribution in [0.5, 0.6) is 5.75 Å². The number of benzene rings is 1. The zero-order valence-electron chi connectivity index (χ0n) is 15.7. The normalized spacial score (nSPS) is 26.8. The number of rotatable bonds is 6. The molecule has 0 unspecified atom stereocenters. The van der Waals surface area contributed by atoms with Crippen molar-refractivity contribution in [1.29, 1.82) is 0 Å². The Kier molecular flexibility index (Phi) is 5.62. The maximum Gasteiger partial charge on any atom is 0.260 e. The van der Waals surface area contributed by atoms with E-state index in [4.69, 9.17) is 9.47 Å². The molecule has 0 spiro atoms. The van der Waals surface area contributed by atoms with Gasteiger partial charge in [0.2, 0.25) is 5.91 Å². The number of hydrogen-bond donors (Lipinski definition) is 1. The third-order valence-electron chi connectivity index (χ3n) is 6.20. The van der Waals surface area contributed by atoms with Crippen LogP contribution < -0.4 is 10.1 Å². The Bertz CT molecular complexity index is 669. The molecule has 1 aromatic rings. The molecule has 2 bridgehead atoms. The van der Waals surface area contributed by atoms with Crippen LogP contribution in [-0.4, -0.2) is 49.6 Å². The molecule has 3 atom stereocenters. The molecule has 2 amide bonds. The molecule has 27 heavy (non-hydrogen) atoms. The monoisotopic (exact) mass is 372 g/mol. The predicted molar refractivity (Wildman–Crippen MR) is 102 cm³/mol. The summed E-state index contributed by atoms with van der Waals surface area (Å²) < 4.78 is 10.8. The molecule has 3 fully saturated rings. The van der Waals surface area contributed by atoms with Gasteiger partial charge in [-0.05, 0) is 61.3 Å². The molecule has 3 aliphatic rings. The van der Waals surface area contributed by atoms with Crippen molar-refractivity contribution in [3.05, 3.63) is 24.3 Å². The fourth-order valence-electron chi connectivity index (χ4n) is 4.76. The average Bonchev–Trinajstić information content (AvgIpc) is 3.31. The van der Waals surface area contributed by atoms with E-state index < -0.39 is 0 Å². The van der Waals surface area contributed by atoms with Gasteiger partial charge in [0.05, 0.1) is 13.2 Å². The minimum absolute atomic E-state index is 0.0238. The lowest BCUT2D eigenvalue weighted by Crippen LogP contribution is -2.42. The van der Waals surface area contributed by atoms with E-state index in [0.29, 0.717) is 44.4 Å². The van der Waals surface area contributed by atoms with E-state index in [9.17, 15) is 9.59 Å². The molecule has 1 N–H and O–H groups in total. The largest absolute Gasteiger partial charge is 0.484 e. The summed E-state index contributed by atoms with van der Waals surface area (Å²) in [7, 11) is 0. The first kappa shape index (κ1) is 18.3. The van der Waals surface area contributed by atoms with Crippen molar-refractivity contribution in [3.63, 3.8) is 0 Å². The summed E-state index contributed by atoms with van der Waals surface area (Å²) in [6.45, 7) is 2.44. The number of carbonyl (C=O) groups excluding carboxylic acids is 2. The van der Waals surface area contributed by atoms with E-state index in [0.717, 1.165) is 17.5 Å². The molecule has 146 valence electrons. The Morgan fingerprint density at radius 1 is 1.11 bits per heavy atom. The van der Waals surface area contributed by atoms with Crippen LogP contribution in [0.4, 0.5) is 5.69 Å². The van der Waals surface area contributed by atoms with Gasteiger partial charge in [-0.3, -0.25) is 9.59 Å². The van der Waals surface area contributed by atoms with Gasteiger partial charge in [-0.25, -0.2) is 0 Å². The second-order valence-corrected chi connectivity index (χ2v) is 7.99. The van der Waals surface area contributed by atoms with Crippen LogP contribution in [0.25, 0.3) is 0 Å². The summed E-state index contributed by atoms with van der Waals surface area (Å²) in [5.74, 6) is 2.90. The summed E-state index contributed by atoms with van der Waals surface area (Å²) in [6.07, 6.45) is 5.85. The lowest BCUT2D eigenvalue weighted by molar-refractivity contribution is -0.137. The van der Waals surface area contributed by atoms with Crippen LogP contribution in [0, 0.1) is 17.8 Å². The minimum Gasteiger partial charge on any atom is -0.484 e. The highest BCUT2D eigenvalue weighted by Crippen LogP contribution is 2.49. The van der Waals surface area contributed by atoms with E-state index in [2.05, 4.69) is 5.32 Å². The zero-order valence-corrected chi connectivity index (χ0v) is 15.7. The number of amides is 2. The molecule has 0 aromatic heterocycles. The smallest absolute Gasteiger partial charge is 0.260 e. The first-order valence-electron chi connectivity index (χ1n) is 10.1. The van der Waals surface area contributed by atoms with Gasteiger partial charge in [-0.1, -0.05) is 6.42 Å². The van der Waals surface area contributed by atoms with Gasteiger partial charge in [0.15, 0.2) is 6.61 Å². The second-order valence-electron chi connectivity index (χ2n) is 7.99. The van der Waals surface area contributed by atoms with Crippen molar-refractivity contribution < 1.29 is 19.1 Å². The summed E-state index contributed by atoms with van der Waals surface area (Å²) in [4.78, 5) is 26.2. The number of anilines is 1. The van der Waals surface area contributed by atoms with Gasteiger partial charge in [-0.15, -0.1) is 0 Å². The Morgan fingerprint density at radius 2 is 1.89 bits per heavy atom. The SMILES string of the molecule is O=C(C[C@@H]1C[C@@H]2CC[C@@H]1C2)Nc1ccc(OCC(=O)N2CCOCC2)cc1. The van der Waals surface area contributed by atoms with Gasteiger partial charge in [0.1, 0.15) is 5.75 Å². The third kappa shape index (κ3) is 4.61. The number of nitrogens with one attached hydrogen (secondary N) is 1. The lowest BCUT2D eigenvalue weighted by Gasteiger charge is -2.26. The highest BCUT2D eigenvalue weighted by atomic mass is 16.5. The summed E-state index contributed by atoms with van der Waals surface area (Å²) in [6, 6.07) is 7.24. The molecule has 6 nitrogen and oxygen atoms in total. The number of morpholine rings is 1. The molecule has 1 heterocycles. The molecule has 1 aromatic carbocycles. The maximum absolute atomic E-state index is 12.3. The Hall–Kier alpha value is -2.08. The van der Waals surface area contributed by atoms with E-state index >= 15 is 0 Å². The van der Waals surface area contributed by atoms with Gasteiger partial charge < -0.3 is 19.7 Å². The van der Waals surface area contributed by atoms with Gasteiger partial charge in [0.25, 0.3) is 5.91 Å². The summed E-state index contributed by atoms with van der Waals surface area (Å²) >= 11 is 0. The first-order chi connectivity index (χ1) is 13.2. The molecule has 2 saturated carbocycles. The fourth-order valence-corrected chi connectivity index (χ4v) is 4.76. The number of nitrogens with zero attached hydrogens (tertiary/aromatic N) is 1. The van der Waals surface area contributed by atoms with E-state index in [-0.39, 0.29) is 18.4 Å². The Morgan fingerprint density at radius 3 is 2.56 bits per heavy atom. The van der Waals surface area contributed by atoms with E-state index in [1.54, 1.807) is 17.0 Å². The van der Waals surface area contributed by atoms with E-state index in [1.165, 1.54) is 25.7 Å². The second kappa shape index (κ2) is 8.30. The molecule has 4 rings (SSSR count). The standard InChI is InChI=1S/C21H28N2O4/c24-20(13-17-12-15-1-2-16(17)11-15)22-18-3-5-19(6-4-18)27-14-21(25)23-7-9-26-10-8-23/h3-6,15-17H,1-2,7-14H2,(H,22,24)/t15-,16-,17+/m1/s1. The molecule has 0 radical (unpaired) electrons. The fraction of sp³-hybridized carbons (Fsp3) is 0.619. The predicted octanol–water partition coefficient (Wildman–Crippen LogP) is 2.69. The molecule has 6 heteroatoms. The molecule has 1 saturated heterocycles. The van der Waals surface area contributed by atoms with Crippen LogP contribution in [0.2, 0.25) is 0 Å². The summed E-state index contributed by atoms with van der Waals surface area (Å²) in [5.41, 5.74) is 0.773. The van der Waals surface area contributed by atoms with Gasteiger partial charge >= 0.3 is 0 Å². The van der Waals surface area contributed by atoms with Crippen molar-refractivity contribution in [1.82, 2.24) is 4.90 Å². The van der Waals surface area contributed by atoms with Crippen molar-refractivity contribution in [2.75, 3.05) is 38.2 Å². The van der Waals surface area contributed by atoms with Crippen molar-refractivity contribution in [3.8, 4) is 5.75 Å². The maximum atomic E-state index is 12.3. The van der Waals surface area contributed by atoms with Crippen molar-refractivity contribution in [2.45, 2.75) is 32.1 Å². The number of carbonyl (C=O) groups is 2. The highest BCUT2D eigenvalue weighted by molar-refractivity contribution is 5.91. The van der Waals surface area contributed by atoms with Gasteiger partial charge in [0, 0.05) is 25.2 Å². The quantitative estimate of drug-likeness (QED) is 0.834. The third-order valence-corrected chi connectivity index (χ3v) is 6.20.